The van der Waals surface area contributed by atoms with Crippen molar-refractivity contribution in [2.24, 2.45) is 5.11 Å². The highest BCUT2D eigenvalue weighted by molar-refractivity contribution is 5.71. The maximum atomic E-state index is 11.4. The lowest BCUT2D eigenvalue weighted by Gasteiger charge is -2.20. The van der Waals surface area contributed by atoms with Crippen LogP contribution in [0, 0.1) is 0 Å². The zero-order valence-electron chi connectivity index (χ0n) is 10.3. The molecular formula is C11H17N3O3. The van der Waals surface area contributed by atoms with Gasteiger partial charge in [0.05, 0.1) is 12.1 Å². The summed E-state index contributed by atoms with van der Waals surface area (Å²) in [5.74, 6) is -0.391. The van der Waals surface area contributed by atoms with Crippen LogP contribution in [0.3, 0.4) is 0 Å². The van der Waals surface area contributed by atoms with Gasteiger partial charge < -0.3 is 9.47 Å². The van der Waals surface area contributed by atoms with Crippen LogP contribution in [0.5, 0.6) is 0 Å². The van der Waals surface area contributed by atoms with E-state index < -0.39 is 11.6 Å². The molecule has 0 fully saturated rings. The second-order valence-corrected chi connectivity index (χ2v) is 4.83. The standard InChI is InChI=1S/C11H17N3O3/c1-11(2,3)17-10(15)7-16-9-5-4-8(6-9)13-14-12/h4-5,8-9H,6-7H2,1-3H3/t8-,9-/m1/s1. The molecule has 0 aliphatic heterocycles. The zero-order chi connectivity index (χ0) is 12.9. The minimum absolute atomic E-state index is 0.0880. The number of nitrogens with zero attached hydrogens (tertiary/aromatic N) is 3. The van der Waals surface area contributed by atoms with Crippen LogP contribution in [0.15, 0.2) is 17.3 Å². The fraction of sp³-hybridized carbons (Fsp3) is 0.727. The summed E-state index contributed by atoms with van der Waals surface area (Å²) in [5, 5.41) is 3.56. The summed E-state index contributed by atoms with van der Waals surface area (Å²) < 4.78 is 10.4. The molecule has 17 heavy (non-hydrogen) atoms. The first kappa shape index (κ1) is 13.5. The molecule has 6 heteroatoms. The van der Waals surface area contributed by atoms with E-state index in [9.17, 15) is 4.79 Å². The van der Waals surface area contributed by atoms with Gasteiger partial charge >= 0.3 is 5.97 Å². The van der Waals surface area contributed by atoms with Crippen LogP contribution in [0.4, 0.5) is 0 Å². The topological polar surface area (TPSA) is 84.3 Å². The molecule has 0 saturated heterocycles. The van der Waals surface area contributed by atoms with E-state index in [2.05, 4.69) is 10.0 Å². The Bertz CT molecular complexity index is 353. The number of azide groups is 1. The Kier molecular flexibility index (Phi) is 4.54. The van der Waals surface area contributed by atoms with Crippen molar-refractivity contribution in [2.75, 3.05) is 6.61 Å². The number of hydrogen-bond acceptors (Lipinski definition) is 4. The molecule has 0 aromatic carbocycles. The van der Waals surface area contributed by atoms with Gasteiger partial charge in [0.2, 0.25) is 0 Å². The Morgan fingerprint density at radius 1 is 1.53 bits per heavy atom. The molecule has 0 bridgehead atoms. The third-order valence-electron chi connectivity index (χ3n) is 2.06. The average molecular weight is 239 g/mol. The number of carbonyl (C=O) groups excluding carboxylic acids is 1. The molecule has 1 aliphatic rings. The second-order valence-electron chi connectivity index (χ2n) is 4.83. The zero-order valence-corrected chi connectivity index (χ0v) is 10.3. The van der Waals surface area contributed by atoms with Gasteiger partial charge in [-0.2, -0.15) is 0 Å². The molecule has 0 N–H and O–H groups in total. The van der Waals surface area contributed by atoms with Crippen molar-refractivity contribution >= 4 is 5.97 Å². The van der Waals surface area contributed by atoms with Crippen LogP contribution in [-0.4, -0.2) is 30.3 Å². The summed E-state index contributed by atoms with van der Waals surface area (Å²) in [5.41, 5.74) is 7.77. The van der Waals surface area contributed by atoms with Crippen molar-refractivity contribution in [2.45, 2.75) is 44.9 Å². The maximum absolute atomic E-state index is 11.4. The van der Waals surface area contributed by atoms with E-state index in [1.165, 1.54) is 0 Å². The van der Waals surface area contributed by atoms with Crippen molar-refractivity contribution in [3.63, 3.8) is 0 Å². The SMILES string of the molecule is CC(C)(C)OC(=O)CO[C@@H]1C=C[C@@H](N=[N+]=[N-])C1. The molecule has 0 heterocycles. The number of rotatable bonds is 4. The predicted molar refractivity (Wildman–Crippen MR) is 62.3 cm³/mol. The lowest BCUT2D eigenvalue weighted by molar-refractivity contribution is -0.161. The van der Waals surface area contributed by atoms with Crippen LogP contribution < -0.4 is 0 Å². The minimum Gasteiger partial charge on any atom is -0.458 e. The number of ether oxygens (including phenoxy) is 2. The normalized spacial score (nSPS) is 23.2. The van der Waals surface area contributed by atoms with Crippen molar-refractivity contribution in [3.05, 3.63) is 22.6 Å². The van der Waals surface area contributed by atoms with Crippen LogP contribution in [0.2, 0.25) is 0 Å². The highest BCUT2D eigenvalue weighted by atomic mass is 16.6. The molecule has 0 aromatic rings. The molecule has 94 valence electrons. The van der Waals surface area contributed by atoms with Crippen LogP contribution in [0.1, 0.15) is 27.2 Å². The predicted octanol–water partition coefficient (Wildman–Crippen LogP) is 2.35. The highest BCUT2D eigenvalue weighted by Crippen LogP contribution is 2.17. The lowest BCUT2D eigenvalue weighted by atomic mass is 10.2. The summed E-state index contributed by atoms with van der Waals surface area (Å²) in [6, 6.07) is -0.177. The molecule has 6 nitrogen and oxygen atoms in total. The first-order valence-electron chi connectivity index (χ1n) is 5.46. The van der Waals surface area contributed by atoms with Gasteiger partial charge in [0.25, 0.3) is 0 Å². The third-order valence-corrected chi connectivity index (χ3v) is 2.06. The summed E-state index contributed by atoms with van der Waals surface area (Å²) >= 11 is 0. The Balaban J connectivity index is 2.27. The minimum atomic E-state index is -0.500. The van der Waals surface area contributed by atoms with E-state index >= 15 is 0 Å². The molecule has 2 atom stereocenters. The van der Waals surface area contributed by atoms with Crippen LogP contribution in [0.25, 0.3) is 10.4 Å². The molecule has 0 amide bonds. The summed E-state index contributed by atoms with van der Waals surface area (Å²) in [6.45, 7) is 5.32. The lowest BCUT2D eigenvalue weighted by Crippen LogP contribution is -2.27. The highest BCUT2D eigenvalue weighted by Gasteiger charge is 2.21. The van der Waals surface area contributed by atoms with Gasteiger partial charge in [-0.3, -0.25) is 0 Å². The largest absolute Gasteiger partial charge is 0.458 e. The smallest absolute Gasteiger partial charge is 0.332 e. The van der Waals surface area contributed by atoms with Crippen LogP contribution in [-0.2, 0) is 14.3 Å². The number of esters is 1. The van der Waals surface area contributed by atoms with E-state index in [1.807, 2.05) is 0 Å². The van der Waals surface area contributed by atoms with Crippen molar-refractivity contribution in [1.82, 2.24) is 0 Å². The van der Waals surface area contributed by atoms with E-state index in [4.69, 9.17) is 15.0 Å². The van der Waals surface area contributed by atoms with E-state index in [1.54, 1.807) is 32.9 Å². The average Bonchev–Trinajstić information content (AvgIpc) is 2.61. The number of hydrogen-bond donors (Lipinski definition) is 0. The Morgan fingerprint density at radius 2 is 2.24 bits per heavy atom. The monoisotopic (exact) mass is 239 g/mol. The third kappa shape index (κ3) is 5.38. The first-order valence-corrected chi connectivity index (χ1v) is 5.46. The molecule has 0 radical (unpaired) electrons. The summed E-state index contributed by atoms with van der Waals surface area (Å²) in [4.78, 5) is 14.1. The molecule has 1 aliphatic carbocycles. The van der Waals surface area contributed by atoms with Crippen molar-refractivity contribution in [1.29, 1.82) is 0 Å². The van der Waals surface area contributed by atoms with Gasteiger partial charge in [-0.25, -0.2) is 4.79 Å². The Hall–Kier alpha value is -1.52. The van der Waals surface area contributed by atoms with Crippen molar-refractivity contribution < 1.29 is 14.3 Å². The van der Waals surface area contributed by atoms with Crippen LogP contribution >= 0.6 is 0 Å². The molecule has 0 spiro atoms. The maximum Gasteiger partial charge on any atom is 0.332 e. The van der Waals surface area contributed by atoms with Gasteiger partial charge in [-0.05, 0) is 32.7 Å². The molecule has 0 saturated carbocycles. The molecule has 1 rings (SSSR count). The fourth-order valence-electron chi connectivity index (χ4n) is 1.47. The number of carbonyl (C=O) groups is 1. The van der Waals surface area contributed by atoms with E-state index in [0.717, 1.165) is 0 Å². The molecular weight excluding hydrogens is 222 g/mol. The Morgan fingerprint density at radius 3 is 2.82 bits per heavy atom. The van der Waals surface area contributed by atoms with E-state index in [-0.39, 0.29) is 18.8 Å². The summed E-state index contributed by atoms with van der Waals surface area (Å²) in [6.07, 6.45) is 3.97. The van der Waals surface area contributed by atoms with Gasteiger partial charge in [0.15, 0.2) is 0 Å². The van der Waals surface area contributed by atoms with Gasteiger partial charge in [0, 0.05) is 4.91 Å². The quantitative estimate of drug-likeness (QED) is 0.248. The van der Waals surface area contributed by atoms with Gasteiger partial charge in [-0.15, -0.1) is 0 Å². The van der Waals surface area contributed by atoms with Gasteiger partial charge in [0.1, 0.15) is 12.2 Å². The molecule has 0 unspecified atom stereocenters. The fourth-order valence-corrected chi connectivity index (χ4v) is 1.47. The Labute approximate surface area is 100 Å². The first-order chi connectivity index (χ1) is 7.90. The second kappa shape index (κ2) is 5.70. The molecule has 0 aromatic heterocycles. The summed E-state index contributed by atoms with van der Waals surface area (Å²) in [7, 11) is 0. The van der Waals surface area contributed by atoms with E-state index in [0.29, 0.717) is 6.42 Å². The van der Waals surface area contributed by atoms with Gasteiger partial charge in [-0.1, -0.05) is 17.3 Å². The van der Waals surface area contributed by atoms with Crippen molar-refractivity contribution in [3.8, 4) is 0 Å².